The molecular weight excluding hydrogens is 198 g/mol. The molecule has 0 N–H and O–H groups in total. The fraction of sp³-hybridized carbons (Fsp3) is 0.500. The van der Waals surface area contributed by atoms with Crippen LogP contribution in [0, 0.1) is 6.92 Å². The van der Waals surface area contributed by atoms with Gasteiger partial charge in [-0.2, -0.15) is 0 Å². The Morgan fingerprint density at radius 1 is 1.19 bits per heavy atom. The van der Waals surface area contributed by atoms with Crippen LogP contribution < -0.4 is 0 Å². The minimum Gasteiger partial charge on any atom is -0.441 e. The molecule has 1 aliphatic rings. The molecule has 1 heterocycles. The summed E-state index contributed by atoms with van der Waals surface area (Å²) in [5.74, 6) is 1.51. The number of oxazole rings is 1. The topological polar surface area (TPSA) is 26.0 Å². The van der Waals surface area contributed by atoms with Crippen molar-refractivity contribution in [3.8, 4) is 0 Å². The molecule has 0 aliphatic heterocycles. The largest absolute Gasteiger partial charge is 0.441 e. The quantitative estimate of drug-likeness (QED) is 0.713. The van der Waals surface area contributed by atoms with E-state index in [9.17, 15) is 0 Å². The van der Waals surface area contributed by atoms with Crippen LogP contribution >= 0.6 is 0 Å². The number of aryl methyl sites for hydroxylation is 1. The second-order valence-corrected chi connectivity index (χ2v) is 4.79. The number of aromatic nitrogens is 1. The summed E-state index contributed by atoms with van der Waals surface area (Å²) < 4.78 is 5.50. The highest BCUT2D eigenvalue weighted by molar-refractivity contribution is 5.73. The van der Waals surface area contributed by atoms with Crippen molar-refractivity contribution in [3.63, 3.8) is 0 Å². The molecule has 1 fully saturated rings. The van der Waals surface area contributed by atoms with Crippen LogP contribution in [-0.2, 0) is 0 Å². The van der Waals surface area contributed by atoms with E-state index in [0.29, 0.717) is 0 Å². The fourth-order valence-corrected chi connectivity index (χ4v) is 2.75. The lowest BCUT2D eigenvalue weighted by molar-refractivity contribution is 0.444. The van der Waals surface area contributed by atoms with Crippen molar-refractivity contribution in [3.05, 3.63) is 29.7 Å². The molecule has 1 aliphatic carbocycles. The molecule has 0 unspecified atom stereocenters. The zero-order valence-electron chi connectivity index (χ0n) is 9.70. The second-order valence-electron chi connectivity index (χ2n) is 4.79. The molecule has 1 aromatic carbocycles. The van der Waals surface area contributed by atoms with Crippen LogP contribution in [-0.4, -0.2) is 4.98 Å². The van der Waals surface area contributed by atoms with E-state index in [1.165, 1.54) is 37.7 Å². The first-order valence-corrected chi connectivity index (χ1v) is 6.20. The third kappa shape index (κ3) is 1.73. The Kier molecular flexibility index (Phi) is 2.43. The van der Waals surface area contributed by atoms with Crippen molar-refractivity contribution in [1.82, 2.24) is 4.98 Å². The van der Waals surface area contributed by atoms with Crippen molar-refractivity contribution < 1.29 is 4.42 Å². The normalized spacial score (nSPS) is 18.1. The van der Waals surface area contributed by atoms with Gasteiger partial charge in [0.25, 0.3) is 0 Å². The van der Waals surface area contributed by atoms with Gasteiger partial charge in [-0.05, 0) is 36.5 Å². The first-order chi connectivity index (χ1) is 7.83. The monoisotopic (exact) mass is 215 g/mol. The second kappa shape index (κ2) is 3.93. The lowest BCUT2D eigenvalue weighted by atomic mass is 9.84. The van der Waals surface area contributed by atoms with Gasteiger partial charge in [0.05, 0.1) is 0 Å². The van der Waals surface area contributed by atoms with Crippen LogP contribution in [0.3, 0.4) is 0 Å². The van der Waals surface area contributed by atoms with Crippen LogP contribution in [0.1, 0.15) is 49.5 Å². The van der Waals surface area contributed by atoms with Crippen LogP contribution in [0.5, 0.6) is 0 Å². The first-order valence-electron chi connectivity index (χ1n) is 6.20. The van der Waals surface area contributed by atoms with Crippen molar-refractivity contribution >= 4 is 11.1 Å². The molecule has 2 nitrogen and oxygen atoms in total. The molecule has 2 heteroatoms. The lowest BCUT2D eigenvalue weighted by Gasteiger charge is -2.21. The highest BCUT2D eigenvalue weighted by Crippen LogP contribution is 2.33. The Morgan fingerprint density at radius 2 is 2.00 bits per heavy atom. The number of nitrogens with zero attached hydrogens (tertiary/aromatic N) is 1. The SMILES string of the molecule is Cc1nc2cc(C3CCCCC3)ccc2o1. The van der Waals surface area contributed by atoms with Crippen LogP contribution in [0.25, 0.3) is 11.1 Å². The molecule has 3 rings (SSSR count). The predicted molar refractivity (Wildman–Crippen MR) is 64.6 cm³/mol. The maximum atomic E-state index is 5.50. The van der Waals surface area contributed by atoms with Gasteiger partial charge >= 0.3 is 0 Å². The van der Waals surface area contributed by atoms with Crippen molar-refractivity contribution in [1.29, 1.82) is 0 Å². The summed E-state index contributed by atoms with van der Waals surface area (Å²) in [4.78, 5) is 4.40. The minimum atomic E-state index is 0.746. The van der Waals surface area contributed by atoms with E-state index in [1.807, 2.05) is 6.92 Å². The average molecular weight is 215 g/mol. The molecule has 0 bridgehead atoms. The van der Waals surface area contributed by atoms with Gasteiger partial charge in [-0.15, -0.1) is 0 Å². The number of benzene rings is 1. The van der Waals surface area contributed by atoms with Crippen LogP contribution in [0.15, 0.2) is 22.6 Å². The Bertz CT molecular complexity index is 494. The number of rotatable bonds is 1. The highest BCUT2D eigenvalue weighted by Gasteiger charge is 2.16. The summed E-state index contributed by atoms with van der Waals surface area (Å²) in [5, 5.41) is 0. The Labute approximate surface area is 95.7 Å². The van der Waals surface area contributed by atoms with E-state index in [-0.39, 0.29) is 0 Å². The third-order valence-corrected chi connectivity index (χ3v) is 3.60. The fourth-order valence-electron chi connectivity index (χ4n) is 2.75. The zero-order chi connectivity index (χ0) is 11.0. The first kappa shape index (κ1) is 9.88. The summed E-state index contributed by atoms with van der Waals surface area (Å²) >= 11 is 0. The highest BCUT2D eigenvalue weighted by atomic mass is 16.3. The molecule has 0 atom stereocenters. The number of hydrogen-bond acceptors (Lipinski definition) is 2. The Morgan fingerprint density at radius 3 is 2.81 bits per heavy atom. The molecule has 2 aromatic rings. The average Bonchev–Trinajstić information content (AvgIpc) is 2.69. The van der Waals surface area contributed by atoms with Gasteiger partial charge in [-0.3, -0.25) is 0 Å². The Balaban J connectivity index is 1.97. The molecule has 1 saturated carbocycles. The molecule has 0 radical (unpaired) electrons. The summed E-state index contributed by atoms with van der Waals surface area (Å²) in [7, 11) is 0. The summed E-state index contributed by atoms with van der Waals surface area (Å²) in [6.07, 6.45) is 6.83. The molecular formula is C14H17NO. The smallest absolute Gasteiger partial charge is 0.192 e. The van der Waals surface area contributed by atoms with E-state index in [2.05, 4.69) is 23.2 Å². The summed E-state index contributed by atoms with van der Waals surface area (Å²) in [6, 6.07) is 6.49. The van der Waals surface area contributed by atoms with Crippen LogP contribution in [0.4, 0.5) is 0 Å². The van der Waals surface area contributed by atoms with Gasteiger partial charge in [-0.1, -0.05) is 25.3 Å². The van der Waals surface area contributed by atoms with Gasteiger partial charge in [0.1, 0.15) is 5.52 Å². The van der Waals surface area contributed by atoms with Crippen LogP contribution in [0.2, 0.25) is 0 Å². The Hall–Kier alpha value is -1.31. The third-order valence-electron chi connectivity index (χ3n) is 3.60. The lowest BCUT2D eigenvalue weighted by Crippen LogP contribution is -2.04. The van der Waals surface area contributed by atoms with E-state index in [1.54, 1.807) is 0 Å². The van der Waals surface area contributed by atoms with Gasteiger partial charge < -0.3 is 4.42 Å². The zero-order valence-corrected chi connectivity index (χ0v) is 9.70. The molecule has 0 saturated heterocycles. The summed E-state index contributed by atoms with van der Waals surface area (Å²) in [5.41, 5.74) is 3.37. The van der Waals surface area contributed by atoms with Gasteiger partial charge in [0, 0.05) is 6.92 Å². The number of hydrogen-bond donors (Lipinski definition) is 0. The molecule has 16 heavy (non-hydrogen) atoms. The van der Waals surface area contributed by atoms with Crippen molar-refractivity contribution in [2.24, 2.45) is 0 Å². The predicted octanol–water partition coefficient (Wildman–Crippen LogP) is 4.18. The van der Waals surface area contributed by atoms with E-state index < -0.39 is 0 Å². The summed E-state index contributed by atoms with van der Waals surface area (Å²) in [6.45, 7) is 1.90. The van der Waals surface area contributed by atoms with Gasteiger partial charge in [0.2, 0.25) is 0 Å². The van der Waals surface area contributed by atoms with Gasteiger partial charge in [0.15, 0.2) is 11.5 Å². The van der Waals surface area contributed by atoms with E-state index >= 15 is 0 Å². The van der Waals surface area contributed by atoms with E-state index in [0.717, 1.165) is 22.9 Å². The van der Waals surface area contributed by atoms with Crippen molar-refractivity contribution in [2.75, 3.05) is 0 Å². The maximum Gasteiger partial charge on any atom is 0.192 e. The molecule has 84 valence electrons. The van der Waals surface area contributed by atoms with Crippen molar-refractivity contribution in [2.45, 2.75) is 44.9 Å². The minimum absolute atomic E-state index is 0.746. The number of fused-ring (bicyclic) bond motifs is 1. The van der Waals surface area contributed by atoms with E-state index in [4.69, 9.17) is 4.42 Å². The van der Waals surface area contributed by atoms with Gasteiger partial charge in [-0.25, -0.2) is 4.98 Å². The maximum absolute atomic E-state index is 5.50. The molecule has 0 amide bonds. The molecule has 0 spiro atoms. The molecule has 1 aromatic heterocycles. The standard InChI is InChI=1S/C14H17NO/c1-10-15-13-9-12(7-8-14(13)16-10)11-5-3-2-4-6-11/h7-9,11H,2-6H2,1H3.